The van der Waals surface area contributed by atoms with Crippen LogP contribution in [0.3, 0.4) is 0 Å². The molecule has 0 saturated carbocycles. The molecule has 0 spiro atoms. The van der Waals surface area contributed by atoms with Crippen molar-refractivity contribution >= 4 is 21.8 Å². The summed E-state index contributed by atoms with van der Waals surface area (Å²) >= 11 is 0. The fraction of sp³-hybridized carbons (Fsp3) is 0.0400. The average Bonchev–Trinajstić information content (AvgIpc) is 2.79. The quantitative estimate of drug-likeness (QED) is 0.362. The third kappa shape index (κ3) is 2.78. The van der Waals surface area contributed by atoms with Crippen molar-refractivity contribution in [2.45, 2.75) is 0 Å². The van der Waals surface area contributed by atoms with Crippen LogP contribution < -0.4 is 4.74 Å². The van der Waals surface area contributed by atoms with Crippen molar-refractivity contribution < 1.29 is 4.74 Å². The molecule has 28 heavy (non-hydrogen) atoms. The lowest BCUT2D eigenvalue weighted by molar-refractivity contribution is 0.415. The summed E-state index contributed by atoms with van der Waals surface area (Å²) in [6.45, 7) is 0. The van der Waals surface area contributed by atoms with Crippen LogP contribution in [0.1, 0.15) is 0 Å². The van der Waals surface area contributed by atoms with Crippen molar-refractivity contribution in [3.05, 3.63) is 91.1 Å². The standard InChI is InChI=1S/C25H18N2O/c1-28-19-13-11-17(12-14-19)21-15-23(18-7-3-2-4-8-18)27-24-16-26-22-10-6-5-9-20(22)25(21)24/h2-16H,1H3. The first-order chi connectivity index (χ1) is 13.8. The second-order valence-electron chi connectivity index (χ2n) is 6.69. The Labute approximate surface area is 163 Å². The molecular formula is C25H18N2O. The number of benzene rings is 3. The summed E-state index contributed by atoms with van der Waals surface area (Å²) in [4.78, 5) is 9.55. The number of methoxy groups -OCH3 is 1. The number of hydrogen-bond donors (Lipinski definition) is 0. The van der Waals surface area contributed by atoms with Gasteiger partial charge in [-0.2, -0.15) is 0 Å². The Balaban J connectivity index is 1.86. The van der Waals surface area contributed by atoms with E-state index in [1.54, 1.807) is 7.11 Å². The lowest BCUT2D eigenvalue weighted by atomic mass is 9.96. The molecule has 0 aliphatic heterocycles. The molecule has 0 aliphatic rings. The molecule has 0 fully saturated rings. The van der Waals surface area contributed by atoms with Gasteiger partial charge in [-0.25, -0.2) is 4.98 Å². The number of nitrogens with zero attached hydrogens (tertiary/aromatic N) is 2. The fourth-order valence-electron chi connectivity index (χ4n) is 3.62. The first-order valence-corrected chi connectivity index (χ1v) is 9.22. The van der Waals surface area contributed by atoms with E-state index in [1.165, 1.54) is 0 Å². The molecule has 0 amide bonds. The molecule has 0 aliphatic carbocycles. The van der Waals surface area contributed by atoms with E-state index in [-0.39, 0.29) is 0 Å². The zero-order valence-electron chi connectivity index (χ0n) is 15.5. The van der Waals surface area contributed by atoms with Crippen LogP contribution in [-0.2, 0) is 0 Å². The minimum Gasteiger partial charge on any atom is -0.497 e. The maximum atomic E-state index is 5.33. The number of fused-ring (bicyclic) bond motifs is 3. The van der Waals surface area contributed by atoms with E-state index in [1.807, 2.05) is 54.7 Å². The molecule has 0 atom stereocenters. The molecule has 3 heteroatoms. The van der Waals surface area contributed by atoms with Crippen molar-refractivity contribution in [2.24, 2.45) is 0 Å². The Morgan fingerprint density at radius 2 is 1.46 bits per heavy atom. The summed E-state index contributed by atoms with van der Waals surface area (Å²) in [5.41, 5.74) is 6.17. The van der Waals surface area contributed by atoms with Gasteiger partial charge >= 0.3 is 0 Å². The van der Waals surface area contributed by atoms with Crippen LogP contribution >= 0.6 is 0 Å². The minimum atomic E-state index is 0.844. The zero-order valence-corrected chi connectivity index (χ0v) is 15.5. The Morgan fingerprint density at radius 1 is 0.714 bits per heavy atom. The molecule has 5 aromatic rings. The third-order valence-electron chi connectivity index (χ3n) is 5.02. The molecule has 0 N–H and O–H groups in total. The Kier molecular flexibility index (Phi) is 3.99. The monoisotopic (exact) mass is 362 g/mol. The molecule has 2 aromatic heterocycles. The van der Waals surface area contributed by atoms with E-state index >= 15 is 0 Å². The van der Waals surface area contributed by atoms with E-state index in [9.17, 15) is 0 Å². The summed E-state index contributed by atoms with van der Waals surface area (Å²) in [5.74, 6) is 0.844. The Morgan fingerprint density at radius 3 is 2.25 bits per heavy atom. The molecule has 3 aromatic carbocycles. The van der Waals surface area contributed by atoms with Crippen molar-refractivity contribution in [3.8, 4) is 28.1 Å². The number of rotatable bonds is 3. The van der Waals surface area contributed by atoms with Gasteiger partial charge in [0.15, 0.2) is 0 Å². The number of hydrogen-bond acceptors (Lipinski definition) is 3. The lowest BCUT2D eigenvalue weighted by Crippen LogP contribution is -1.93. The maximum absolute atomic E-state index is 5.33. The fourth-order valence-corrected chi connectivity index (χ4v) is 3.62. The van der Waals surface area contributed by atoms with E-state index < -0.39 is 0 Å². The van der Waals surface area contributed by atoms with Crippen LogP contribution in [0.5, 0.6) is 5.75 Å². The average molecular weight is 362 g/mol. The number of aromatic nitrogens is 2. The Hall–Kier alpha value is -3.72. The lowest BCUT2D eigenvalue weighted by Gasteiger charge is -2.13. The van der Waals surface area contributed by atoms with E-state index in [0.29, 0.717) is 0 Å². The summed E-state index contributed by atoms with van der Waals surface area (Å²) in [6, 6.07) is 28.8. The smallest absolute Gasteiger partial charge is 0.118 e. The number of ether oxygens (including phenoxy) is 1. The third-order valence-corrected chi connectivity index (χ3v) is 5.02. The van der Waals surface area contributed by atoms with E-state index in [2.05, 4.69) is 41.4 Å². The molecule has 2 heterocycles. The summed E-state index contributed by atoms with van der Waals surface area (Å²) in [6.07, 6.45) is 1.87. The number of pyridine rings is 2. The topological polar surface area (TPSA) is 35.0 Å². The van der Waals surface area contributed by atoms with Crippen LogP contribution in [0.4, 0.5) is 0 Å². The molecule has 0 saturated heterocycles. The zero-order chi connectivity index (χ0) is 18.9. The van der Waals surface area contributed by atoms with Gasteiger partial charge in [0, 0.05) is 16.3 Å². The molecule has 0 radical (unpaired) electrons. The van der Waals surface area contributed by atoms with Gasteiger partial charge < -0.3 is 4.74 Å². The van der Waals surface area contributed by atoms with Gasteiger partial charge in [-0.05, 0) is 35.4 Å². The van der Waals surface area contributed by atoms with Crippen LogP contribution in [-0.4, -0.2) is 17.1 Å². The first-order valence-electron chi connectivity index (χ1n) is 9.22. The highest BCUT2D eigenvalue weighted by atomic mass is 16.5. The van der Waals surface area contributed by atoms with Gasteiger partial charge in [-0.3, -0.25) is 4.98 Å². The Bertz CT molecular complexity index is 1280. The molecule has 0 unspecified atom stereocenters. The minimum absolute atomic E-state index is 0.844. The van der Waals surface area contributed by atoms with Crippen molar-refractivity contribution in [1.82, 2.24) is 9.97 Å². The van der Waals surface area contributed by atoms with Gasteiger partial charge in [0.2, 0.25) is 0 Å². The van der Waals surface area contributed by atoms with Gasteiger partial charge in [-0.15, -0.1) is 0 Å². The SMILES string of the molecule is COc1ccc(-c2cc(-c3ccccc3)nc3cnc4ccccc4c23)cc1. The molecule has 134 valence electrons. The second-order valence-corrected chi connectivity index (χ2v) is 6.69. The van der Waals surface area contributed by atoms with Crippen LogP contribution in [0.2, 0.25) is 0 Å². The van der Waals surface area contributed by atoms with E-state index in [4.69, 9.17) is 9.72 Å². The molecule has 0 bridgehead atoms. The van der Waals surface area contributed by atoms with Crippen molar-refractivity contribution in [1.29, 1.82) is 0 Å². The maximum Gasteiger partial charge on any atom is 0.118 e. The van der Waals surface area contributed by atoms with Crippen molar-refractivity contribution in [2.75, 3.05) is 7.11 Å². The van der Waals surface area contributed by atoms with Gasteiger partial charge in [0.25, 0.3) is 0 Å². The molecular weight excluding hydrogens is 344 g/mol. The normalized spacial score (nSPS) is 11.0. The highest BCUT2D eigenvalue weighted by Crippen LogP contribution is 2.36. The number of para-hydroxylation sites is 1. The first kappa shape index (κ1) is 16.5. The second kappa shape index (κ2) is 6.78. The van der Waals surface area contributed by atoms with Gasteiger partial charge in [0.1, 0.15) is 5.75 Å². The molecule has 5 rings (SSSR count). The van der Waals surface area contributed by atoms with Crippen LogP contribution in [0.25, 0.3) is 44.2 Å². The predicted octanol–water partition coefficient (Wildman–Crippen LogP) is 6.13. The van der Waals surface area contributed by atoms with Crippen molar-refractivity contribution in [3.63, 3.8) is 0 Å². The summed E-state index contributed by atoms with van der Waals surface area (Å²) < 4.78 is 5.33. The predicted molar refractivity (Wildman–Crippen MR) is 114 cm³/mol. The molecule has 3 nitrogen and oxygen atoms in total. The highest BCUT2D eigenvalue weighted by Gasteiger charge is 2.13. The summed E-state index contributed by atoms with van der Waals surface area (Å²) in [5, 5.41) is 2.23. The largest absolute Gasteiger partial charge is 0.497 e. The van der Waals surface area contributed by atoms with Crippen LogP contribution in [0, 0.1) is 0 Å². The summed E-state index contributed by atoms with van der Waals surface area (Å²) in [7, 11) is 1.68. The van der Waals surface area contributed by atoms with Gasteiger partial charge in [0.05, 0.1) is 30.0 Å². The van der Waals surface area contributed by atoms with Gasteiger partial charge in [-0.1, -0.05) is 60.7 Å². The van der Waals surface area contributed by atoms with E-state index in [0.717, 1.165) is 49.9 Å². The van der Waals surface area contributed by atoms with Crippen LogP contribution in [0.15, 0.2) is 91.1 Å². The highest BCUT2D eigenvalue weighted by molar-refractivity contribution is 6.12.